The number of phenols is 1. The van der Waals surface area contributed by atoms with E-state index in [1.807, 2.05) is 0 Å². The van der Waals surface area contributed by atoms with E-state index in [4.69, 9.17) is 4.74 Å². The van der Waals surface area contributed by atoms with Crippen molar-refractivity contribution >= 4 is 22.7 Å². The van der Waals surface area contributed by atoms with Gasteiger partial charge in [-0.1, -0.05) is 12.1 Å². The predicted octanol–water partition coefficient (Wildman–Crippen LogP) is 4.53. The average Bonchev–Trinajstić information content (AvgIpc) is 2.74. The molecule has 3 aromatic rings. The number of aliphatic carboxylic acids is 1. The summed E-state index contributed by atoms with van der Waals surface area (Å²) in [5, 5.41) is 23.3. The Hall–Kier alpha value is -3.19. The Morgan fingerprint density at radius 1 is 1.20 bits per heavy atom. The van der Waals surface area contributed by atoms with Crippen LogP contribution < -0.4 is 5.32 Å². The number of aromatic nitrogens is 1. The number of phenolic OH excluding ortho intramolecular Hbond substituents is 1. The lowest BCUT2D eigenvalue weighted by atomic mass is 9.84. The molecule has 4 rings (SSSR count). The average molecular weight is 410 g/mol. The number of halogens is 1. The van der Waals surface area contributed by atoms with Crippen LogP contribution >= 0.6 is 0 Å². The zero-order valence-electron chi connectivity index (χ0n) is 16.6. The Balaban J connectivity index is 2.02. The molecule has 0 amide bonds. The number of nitrogens with zero attached hydrogens (tertiary/aromatic N) is 1. The Kier molecular flexibility index (Phi) is 5.55. The van der Waals surface area contributed by atoms with Gasteiger partial charge in [-0.05, 0) is 61.1 Å². The molecule has 1 saturated heterocycles. The van der Waals surface area contributed by atoms with Crippen LogP contribution in [0.5, 0.6) is 5.75 Å². The maximum atomic E-state index is 13.6. The summed E-state index contributed by atoms with van der Waals surface area (Å²) >= 11 is 0. The Bertz CT molecular complexity index is 1080. The van der Waals surface area contributed by atoms with E-state index in [9.17, 15) is 19.4 Å². The maximum absolute atomic E-state index is 13.6. The number of aromatic hydroxyl groups is 1. The van der Waals surface area contributed by atoms with Crippen molar-refractivity contribution in [3.8, 4) is 16.9 Å². The number of carboxylic acid groups (broad SMARTS) is 1. The minimum Gasteiger partial charge on any atom is -0.508 e. The van der Waals surface area contributed by atoms with E-state index >= 15 is 0 Å². The van der Waals surface area contributed by atoms with Crippen molar-refractivity contribution in [1.82, 2.24) is 4.98 Å². The molecule has 0 unspecified atom stereocenters. The van der Waals surface area contributed by atoms with Crippen molar-refractivity contribution in [2.75, 3.05) is 18.5 Å². The van der Waals surface area contributed by atoms with Crippen LogP contribution in [0.3, 0.4) is 0 Å². The normalized spacial score (nSPS) is 15.8. The van der Waals surface area contributed by atoms with E-state index in [2.05, 4.69) is 10.3 Å². The van der Waals surface area contributed by atoms with Crippen LogP contribution in [0.1, 0.15) is 31.2 Å². The third-order valence-corrected chi connectivity index (χ3v) is 5.49. The molecule has 6 nitrogen and oxygen atoms in total. The summed E-state index contributed by atoms with van der Waals surface area (Å²) in [6, 6.07) is 10.3. The largest absolute Gasteiger partial charge is 0.508 e. The number of pyridine rings is 1. The first-order valence-corrected chi connectivity index (χ1v) is 9.93. The van der Waals surface area contributed by atoms with Crippen molar-refractivity contribution in [1.29, 1.82) is 0 Å². The second-order valence-electron chi connectivity index (χ2n) is 7.55. The zero-order chi connectivity index (χ0) is 21.3. The number of hydrogen-bond acceptors (Lipinski definition) is 5. The maximum Gasteiger partial charge on any atom is 0.325 e. The summed E-state index contributed by atoms with van der Waals surface area (Å²) in [6.07, 6.45) is 1.55. The van der Waals surface area contributed by atoms with Crippen molar-refractivity contribution in [2.45, 2.75) is 31.7 Å². The molecule has 3 N–H and O–H groups in total. The zero-order valence-corrected chi connectivity index (χ0v) is 16.6. The quantitative estimate of drug-likeness (QED) is 0.573. The molecule has 2 aromatic carbocycles. The summed E-state index contributed by atoms with van der Waals surface area (Å²) in [4.78, 5) is 16.2. The lowest BCUT2D eigenvalue weighted by Crippen LogP contribution is -2.27. The van der Waals surface area contributed by atoms with Gasteiger partial charge in [0.05, 0.1) is 5.52 Å². The highest BCUT2D eigenvalue weighted by Gasteiger charge is 2.27. The fourth-order valence-electron chi connectivity index (χ4n) is 3.96. The lowest BCUT2D eigenvalue weighted by Gasteiger charge is -2.28. The third kappa shape index (κ3) is 3.93. The number of carboxylic acids is 1. The van der Waals surface area contributed by atoms with Gasteiger partial charge in [-0.3, -0.25) is 4.79 Å². The summed E-state index contributed by atoms with van der Waals surface area (Å²) in [6.45, 7) is 2.77. The van der Waals surface area contributed by atoms with Crippen LogP contribution in [-0.2, 0) is 9.53 Å². The molecule has 0 bridgehead atoms. The predicted molar refractivity (Wildman–Crippen MR) is 112 cm³/mol. The molecule has 1 aliphatic heterocycles. The summed E-state index contributed by atoms with van der Waals surface area (Å²) < 4.78 is 19.2. The Labute approximate surface area is 173 Å². The molecule has 0 saturated carbocycles. The first kappa shape index (κ1) is 20.1. The fourth-order valence-corrected chi connectivity index (χ4v) is 3.96. The molecule has 1 atom stereocenters. The minimum absolute atomic E-state index is 0.0658. The molecule has 2 heterocycles. The molecule has 0 spiro atoms. The molecule has 1 aromatic heterocycles. The van der Waals surface area contributed by atoms with Crippen LogP contribution in [-0.4, -0.2) is 40.4 Å². The Morgan fingerprint density at radius 3 is 2.57 bits per heavy atom. The van der Waals surface area contributed by atoms with Gasteiger partial charge in [0, 0.05) is 30.2 Å². The molecule has 0 radical (unpaired) electrons. The van der Waals surface area contributed by atoms with E-state index in [1.165, 1.54) is 12.1 Å². The molecule has 156 valence electrons. The number of anilines is 1. The molecule has 30 heavy (non-hydrogen) atoms. The number of ether oxygens (including phenoxy) is 1. The number of benzene rings is 2. The van der Waals surface area contributed by atoms with Crippen LogP contribution in [0.4, 0.5) is 10.2 Å². The molecule has 7 heteroatoms. The van der Waals surface area contributed by atoms with Gasteiger partial charge in [0.15, 0.2) is 0 Å². The van der Waals surface area contributed by atoms with Crippen LogP contribution in [0.2, 0.25) is 0 Å². The van der Waals surface area contributed by atoms with Gasteiger partial charge in [-0.25, -0.2) is 9.37 Å². The fraction of sp³-hybridized carbons (Fsp3) is 0.304. The first-order chi connectivity index (χ1) is 14.4. The van der Waals surface area contributed by atoms with E-state index in [-0.39, 0.29) is 17.5 Å². The highest BCUT2D eigenvalue weighted by atomic mass is 19.1. The van der Waals surface area contributed by atoms with Crippen LogP contribution in [0, 0.1) is 5.82 Å². The van der Waals surface area contributed by atoms with Crippen molar-refractivity contribution in [2.24, 2.45) is 0 Å². The van der Waals surface area contributed by atoms with E-state index in [0.29, 0.717) is 24.5 Å². The molecular formula is C23H23FN2O4. The van der Waals surface area contributed by atoms with Crippen LogP contribution in [0.25, 0.3) is 22.0 Å². The summed E-state index contributed by atoms with van der Waals surface area (Å²) in [5.41, 5.74) is 3.11. The van der Waals surface area contributed by atoms with E-state index in [1.54, 1.807) is 37.3 Å². The van der Waals surface area contributed by atoms with Gasteiger partial charge >= 0.3 is 5.97 Å². The lowest BCUT2D eigenvalue weighted by molar-refractivity contribution is -0.137. The van der Waals surface area contributed by atoms with Crippen molar-refractivity contribution in [3.63, 3.8) is 0 Å². The van der Waals surface area contributed by atoms with E-state index < -0.39 is 12.0 Å². The highest BCUT2D eigenvalue weighted by molar-refractivity contribution is 5.99. The van der Waals surface area contributed by atoms with Crippen molar-refractivity contribution < 1.29 is 24.1 Å². The molecular weight excluding hydrogens is 387 g/mol. The number of nitrogens with one attached hydrogen (secondary N) is 1. The first-order valence-electron chi connectivity index (χ1n) is 9.93. The van der Waals surface area contributed by atoms with Gasteiger partial charge in [0.25, 0.3) is 0 Å². The SMILES string of the molecule is C[C@H](Nc1nc2cc(O)ccc2c(-c2ccc(F)cc2)c1C1CCOCC1)C(=O)O. The molecule has 1 aliphatic rings. The molecule has 1 fully saturated rings. The number of carbonyl (C=O) groups is 1. The van der Waals surface area contributed by atoms with Crippen LogP contribution in [0.15, 0.2) is 42.5 Å². The Morgan fingerprint density at radius 2 is 1.90 bits per heavy atom. The smallest absolute Gasteiger partial charge is 0.325 e. The number of hydrogen-bond donors (Lipinski definition) is 3. The third-order valence-electron chi connectivity index (χ3n) is 5.49. The summed E-state index contributed by atoms with van der Waals surface area (Å²) in [7, 11) is 0. The monoisotopic (exact) mass is 410 g/mol. The molecule has 0 aliphatic carbocycles. The van der Waals surface area contributed by atoms with Gasteiger partial charge in [0.1, 0.15) is 23.4 Å². The van der Waals surface area contributed by atoms with Gasteiger partial charge < -0.3 is 20.3 Å². The topological polar surface area (TPSA) is 91.7 Å². The minimum atomic E-state index is -0.992. The summed E-state index contributed by atoms with van der Waals surface area (Å²) in [5.74, 6) is -0.687. The number of rotatable bonds is 5. The van der Waals surface area contributed by atoms with E-state index in [0.717, 1.165) is 34.9 Å². The standard InChI is InChI=1S/C23H23FN2O4/c1-13(23(28)29)25-22-21(15-8-10-30-11-9-15)20(14-2-4-16(24)5-3-14)18-7-6-17(27)12-19(18)26-22/h2-7,12-13,15,27H,8-11H2,1H3,(H,25,26)(H,28,29)/t13-/m0/s1. The second kappa shape index (κ2) is 8.28. The van der Waals surface area contributed by atoms with Gasteiger partial charge in [-0.2, -0.15) is 0 Å². The number of fused-ring (bicyclic) bond motifs is 1. The second-order valence-corrected chi connectivity index (χ2v) is 7.55. The van der Waals surface area contributed by atoms with Crippen molar-refractivity contribution in [3.05, 3.63) is 53.8 Å². The van der Waals surface area contributed by atoms with Gasteiger partial charge in [0.2, 0.25) is 0 Å². The highest BCUT2D eigenvalue weighted by Crippen LogP contribution is 2.43. The van der Waals surface area contributed by atoms with Gasteiger partial charge in [-0.15, -0.1) is 0 Å².